The average Bonchev–Trinajstić information content (AvgIpc) is 2.05. The van der Waals surface area contributed by atoms with Crippen molar-refractivity contribution in [3.05, 3.63) is 34.1 Å². The molecule has 0 aliphatic heterocycles. The van der Waals surface area contributed by atoms with Gasteiger partial charge in [0.2, 0.25) is 0 Å². The molecule has 7 heteroatoms. The third-order valence-electron chi connectivity index (χ3n) is 1.41. The molecule has 0 aliphatic rings. The van der Waals surface area contributed by atoms with Crippen molar-refractivity contribution in [1.29, 1.82) is 0 Å². The van der Waals surface area contributed by atoms with Gasteiger partial charge in [-0.2, -0.15) is 0 Å². The van der Waals surface area contributed by atoms with Crippen LogP contribution in [-0.4, -0.2) is 8.42 Å². The maximum atomic E-state index is 11.0. The van der Waals surface area contributed by atoms with E-state index in [0.717, 1.165) is 5.56 Å². The van der Waals surface area contributed by atoms with E-state index in [4.69, 9.17) is 11.8 Å². The Labute approximate surface area is 117 Å². The number of benzene rings is 1. The zero-order valence-corrected chi connectivity index (χ0v) is 12.2. The molecule has 0 fully saturated rings. The number of sulfonamides is 1. The van der Waals surface area contributed by atoms with Crippen LogP contribution in [0.1, 0.15) is 5.56 Å². The normalized spacial score (nSPS) is 9.86. The molecule has 0 atom stereocenters. The van der Waals surface area contributed by atoms with E-state index < -0.39 is 10.0 Å². The first-order valence-electron chi connectivity index (χ1n) is 3.21. The van der Waals surface area contributed by atoms with Crippen LogP contribution in [0.3, 0.4) is 0 Å². The van der Waals surface area contributed by atoms with Gasteiger partial charge in [0, 0.05) is 4.90 Å². The molecule has 74 valence electrons. The molecule has 0 heterocycles. The average molecular weight is 264 g/mol. The van der Waals surface area contributed by atoms with Gasteiger partial charge in [0.25, 0.3) is 0 Å². The smallest absolute Gasteiger partial charge is 0.458 e. The van der Waals surface area contributed by atoms with Gasteiger partial charge in [-0.25, -0.2) is 8.42 Å². The summed E-state index contributed by atoms with van der Waals surface area (Å²) >= 11 is 4.90. The van der Waals surface area contributed by atoms with E-state index in [1.807, 2.05) is 6.92 Å². The Morgan fingerprint density at radius 2 is 1.64 bits per heavy atom. The fourth-order valence-electron chi connectivity index (χ4n) is 0.750. The second-order valence-electron chi connectivity index (χ2n) is 2.36. The summed E-state index contributed by atoms with van der Waals surface area (Å²) in [7, 11) is -3.62. The van der Waals surface area contributed by atoms with E-state index in [1.165, 1.54) is 12.1 Å². The topological polar surface area (TPSA) is 48.2 Å². The van der Waals surface area contributed by atoms with Crippen molar-refractivity contribution in [2.45, 2.75) is 11.8 Å². The fraction of sp³-hybridized carbons (Fsp3) is 0.143. The molecule has 0 spiro atoms. The van der Waals surface area contributed by atoms with E-state index in [1.54, 1.807) is 12.1 Å². The summed E-state index contributed by atoms with van der Waals surface area (Å²) in [4.78, 5) is 0.114. The van der Waals surface area contributed by atoms with Crippen molar-refractivity contribution in [3.8, 4) is 0 Å². The van der Waals surface area contributed by atoms with E-state index in [-0.39, 0.29) is 46.9 Å². The third-order valence-corrected chi connectivity index (χ3v) is 3.00. The molecule has 0 unspecified atom stereocenters. The summed E-state index contributed by atoms with van der Waals surface area (Å²) in [6.45, 7) is 1.87. The fourth-order valence-corrected chi connectivity index (χ4v) is 1.55. The van der Waals surface area contributed by atoms with Gasteiger partial charge in [-0.15, -0.1) is 12.4 Å². The van der Waals surface area contributed by atoms with E-state index in [0.29, 0.717) is 0 Å². The predicted octanol–water partition coefficient (Wildman–Crippen LogP) is -0.363. The van der Waals surface area contributed by atoms with Crippen molar-refractivity contribution in [2.75, 3.05) is 0 Å². The number of aryl methyl sites for hydroxylation is 1. The number of rotatable bonds is 2. The van der Waals surface area contributed by atoms with Crippen molar-refractivity contribution >= 4 is 34.2 Å². The van der Waals surface area contributed by atoms with Gasteiger partial charge in [-0.05, 0) is 19.1 Å². The molecule has 1 aromatic rings. The first-order valence-corrected chi connectivity index (χ1v) is 4.99. The van der Waals surface area contributed by atoms with Gasteiger partial charge in [0.15, 0.2) is 0 Å². The minimum absolute atomic E-state index is 0. The van der Waals surface area contributed by atoms with Crippen LogP contribution in [-0.2, 0) is 10.0 Å². The maximum Gasteiger partial charge on any atom is 1.00 e. The van der Waals surface area contributed by atoms with Crippen molar-refractivity contribution in [3.63, 3.8) is 0 Å². The molecule has 0 amide bonds. The van der Waals surface area contributed by atoms with Crippen LogP contribution in [0.15, 0.2) is 29.2 Å². The van der Waals surface area contributed by atoms with Crippen LogP contribution in [0.5, 0.6) is 0 Å². The number of hydrogen-bond donors (Lipinski definition) is 0. The van der Waals surface area contributed by atoms with Crippen LogP contribution < -0.4 is 29.6 Å². The molecule has 1 rings (SSSR count). The molecule has 14 heavy (non-hydrogen) atoms. The third kappa shape index (κ3) is 4.49. The Morgan fingerprint density at radius 1 is 1.21 bits per heavy atom. The molecule has 0 aromatic heterocycles. The molecule has 0 saturated heterocycles. The Hall–Kier alpha value is 0.710. The van der Waals surface area contributed by atoms with Crippen LogP contribution in [0.4, 0.5) is 0 Å². The Kier molecular flexibility index (Phi) is 8.63. The van der Waals surface area contributed by atoms with E-state index in [9.17, 15) is 8.42 Å². The van der Waals surface area contributed by atoms with E-state index >= 15 is 0 Å². The second-order valence-corrected chi connectivity index (χ2v) is 4.33. The minimum atomic E-state index is -3.62. The van der Waals surface area contributed by atoms with Gasteiger partial charge in [0.1, 0.15) is 10.0 Å². The quantitative estimate of drug-likeness (QED) is 0.685. The van der Waals surface area contributed by atoms with Crippen molar-refractivity contribution < 1.29 is 38.0 Å². The number of nitrogens with zero attached hydrogens (tertiary/aromatic N) is 1. The first kappa shape index (κ1) is 17.1. The second kappa shape index (κ2) is 7.06. The van der Waals surface area contributed by atoms with Crippen LogP contribution in [0, 0.1) is 6.92 Å². The Balaban J connectivity index is 0. The van der Waals surface area contributed by atoms with Gasteiger partial charge in [-0.1, -0.05) is 17.7 Å². The zero-order chi connectivity index (χ0) is 9.19. The maximum absolute atomic E-state index is 11.0. The predicted molar refractivity (Wildman–Crippen MR) is 54.8 cm³/mol. The SMILES string of the molecule is Cc1ccc(S(=O)(=O)[N-]Cl)cc1.Cl.[Na+]. The Bertz CT molecular complexity index is 366. The molecule has 0 saturated carbocycles. The summed E-state index contributed by atoms with van der Waals surface area (Å²) in [5.74, 6) is 0. The van der Waals surface area contributed by atoms with Crippen LogP contribution in [0.2, 0.25) is 0 Å². The van der Waals surface area contributed by atoms with Gasteiger partial charge < -0.3 is 4.24 Å². The summed E-state index contributed by atoms with van der Waals surface area (Å²) in [5, 5.41) is 0. The van der Waals surface area contributed by atoms with Crippen LogP contribution in [0.25, 0.3) is 4.24 Å². The number of hydrogen-bond acceptors (Lipinski definition) is 2. The molecule has 1 aromatic carbocycles. The van der Waals surface area contributed by atoms with Gasteiger partial charge >= 0.3 is 29.6 Å². The van der Waals surface area contributed by atoms with Crippen molar-refractivity contribution in [2.24, 2.45) is 0 Å². The standard InChI is InChI=1S/C7H7ClNO2S.ClH.Na/c1-6-2-4-7(5-3-6)12(10,11)9-8;;/h2-5H,1H3;1H;/q-1;;+1. The van der Waals surface area contributed by atoms with Crippen molar-refractivity contribution in [1.82, 2.24) is 0 Å². The zero-order valence-electron chi connectivity index (χ0n) is 7.77. The van der Waals surface area contributed by atoms with Crippen LogP contribution >= 0.6 is 24.2 Å². The number of halogens is 2. The first-order chi connectivity index (χ1) is 5.56. The monoisotopic (exact) mass is 263 g/mol. The largest absolute Gasteiger partial charge is 1.00 e. The molecule has 3 nitrogen and oxygen atoms in total. The van der Waals surface area contributed by atoms with E-state index in [2.05, 4.69) is 4.24 Å². The van der Waals surface area contributed by atoms with Gasteiger partial charge in [-0.3, -0.25) is 11.8 Å². The molecular weight excluding hydrogens is 256 g/mol. The Morgan fingerprint density at radius 3 is 2.00 bits per heavy atom. The molecular formula is C7H8Cl2NNaO2S. The van der Waals surface area contributed by atoms with Gasteiger partial charge in [0.05, 0.1) is 0 Å². The summed E-state index contributed by atoms with van der Waals surface area (Å²) in [6, 6.07) is 6.32. The summed E-state index contributed by atoms with van der Waals surface area (Å²) < 4.78 is 24.8. The molecule has 0 bridgehead atoms. The minimum Gasteiger partial charge on any atom is -0.458 e. The molecule has 0 aliphatic carbocycles. The summed E-state index contributed by atoms with van der Waals surface area (Å²) in [6.07, 6.45) is 0. The molecule has 0 N–H and O–H groups in total. The summed E-state index contributed by atoms with van der Waals surface area (Å²) in [5.41, 5.74) is 0.989. The molecule has 0 radical (unpaired) electrons.